The van der Waals surface area contributed by atoms with Crippen molar-refractivity contribution in [2.45, 2.75) is 6.54 Å². The number of nitrogens with one attached hydrogen (secondary N) is 2. The van der Waals surface area contributed by atoms with E-state index in [0.717, 1.165) is 5.56 Å². The Bertz CT molecular complexity index is 750. The van der Waals surface area contributed by atoms with Gasteiger partial charge in [-0.3, -0.25) is 4.98 Å². The molecule has 1 aromatic carbocycles. The van der Waals surface area contributed by atoms with Crippen LogP contribution in [0.3, 0.4) is 0 Å². The number of rotatable bonds is 5. The first-order valence-corrected chi connectivity index (χ1v) is 6.65. The molecule has 0 aliphatic heterocycles. The van der Waals surface area contributed by atoms with Gasteiger partial charge >= 0.3 is 0 Å². The van der Waals surface area contributed by atoms with Crippen molar-refractivity contribution < 1.29 is 4.39 Å². The van der Waals surface area contributed by atoms with E-state index in [4.69, 9.17) is 0 Å². The van der Waals surface area contributed by atoms with Gasteiger partial charge in [0, 0.05) is 18.9 Å². The molecular formula is C15H13FN6. The second-order valence-corrected chi connectivity index (χ2v) is 4.48. The zero-order valence-electron chi connectivity index (χ0n) is 11.6. The standard InChI is InChI=1S/C15H13FN6/c16-12-3-1-2-4-13(12)20-15-21-14(10-19-22-15)18-9-11-5-7-17-8-6-11/h1-8,10H,9H2,(H2,18,20,21,22). The molecule has 2 aromatic heterocycles. The number of pyridine rings is 1. The summed E-state index contributed by atoms with van der Waals surface area (Å²) in [6.45, 7) is 0.584. The monoisotopic (exact) mass is 296 g/mol. The van der Waals surface area contributed by atoms with Crippen LogP contribution in [0.5, 0.6) is 0 Å². The van der Waals surface area contributed by atoms with Crippen molar-refractivity contribution in [3.63, 3.8) is 0 Å². The molecular weight excluding hydrogens is 283 g/mol. The number of halogens is 1. The van der Waals surface area contributed by atoms with Crippen LogP contribution in [0, 0.1) is 5.82 Å². The van der Waals surface area contributed by atoms with Gasteiger partial charge in [0.05, 0.1) is 11.9 Å². The third kappa shape index (κ3) is 3.51. The number of hydrogen-bond acceptors (Lipinski definition) is 6. The lowest BCUT2D eigenvalue weighted by atomic mass is 10.3. The summed E-state index contributed by atoms with van der Waals surface area (Å²) >= 11 is 0. The highest BCUT2D eigenvalue weighted by Gasteiger charge is 2.04. The molecule has 0 amide bonds. The summed E-state index contributed by atoms with van der Waals surface area (Å²) in [5, 5.41) is 13.6. The normalized spacial score (nSPS) is 10.2. The van der Waals surface area contributed by atoms with Crippen LogP contribution < -0.4 is 10.6 Å². The first-order valence-electron chi connectivity index (χ1n) is 6.65. The Morgan fingerprint density at radius 3 is 2.68 bits per heavy atom. The number of nitrogens with zero attached hydrogens (tertiary/aromatic N) is 4. The van der Waals surface area contributed by atoms with E-state index in [-0.39, 0.29) is 11.8 Å². The molecule has 3 aromatic rings. The maximum absolute atomic E-state index is 13.6. The van der Waals surface area contributed by atoms with Gasteiger partial charge in [-0.1, -0.05) is 12.1 Å². The number of hydrogen-bond donors (Lipinski definition) is 2. The van der Waals surface area contributed by atoms with Crippen molar-refractivity contribution in [2.24, 2.45) is 0 Å². The van der Waals surface area contributed by atoms with Gasteiger partial charge in [0.25, 0.3) is 0 Å². The summed E-state index contributed by atoms with van der Waals surface area (Å²) in [5.74, 6) is 0.400. The van der Waals surface area contributed by atoms with Gasteiger partial charge in [0.15, 0.2) is 5.82 Å². The van der Waals surface area contributed by atoms with Crippen molar-refractivity contribution in [1.29, 1.82) is 0 Å². The van der Waals surface area contributed by atoms with E-state index in [1.54, 1.807) is 30.6 Å². The summed E-state index contributed by atoms with van der Waals surface area (Å²) < 4.78 is 13.6. The molecule has 2 N–H and O–H groups in total. The molecule has 0 atom stereocenters. The Hall–Kier alpha value is -3.09. The fraction of sp³-hybridized carbons (Fsp3) is 0.0667. The Balaban J connectivity index is 1.69. The molecule has 0 radical (unpaired) electrons. The third-order valence-corrected chi connectivity index (χ3v) is 2.90. The average Bonchev–Trinajstić information content (AvgIpc) is 2.57. The molecule has 110 valence electrons. The van der Waals surface area contributed by atoms with Gasteiger partial charge in [-0.2, -0.15) is 10.1 Å². The largest absolute Gasteiger partial charge is 0.365 e. The minimum Gasteiger partial charge on any atom is -0.365 e. The lowest BCUT2D eigenvalue weighted by Gasteiger charge is -2.08. The molecule has 22 heavy (non-hydrogen) atoms. The summed E-state index contributed by atoms with van der Waals surface area (Å²) in [5.41, 5.74) is 1.37. The van der Waals surface area contributed by atoms with E-state index >= 15 is 0 Å². The molecule has 0 spiro atoms. The highest BCUT2D eigenvalue weighted by molar-refractivity contribution is 5.54. The van der Waals surface area contributed by atoms with E-state index in [0.29, 0.717) is 18.1 Å². The van der Waals surface area contributed by atoms with E-state index in [1.165, 1.54) is 12.3 Å². The SMILES string of the molecule is Fc1ccccc1Nc1nncc(NCc2ccncc2)n1. The highest BCUT2D eigenvalue weighted by atomic mass is 19.1. The Kier molecular flexibility index (Phi) is 4.15. The second-order valence-electron chi connectivity index (χ2n) is 4.48. The first-order chi connectivity index (χ1) is 10.8. The fourth-order valence-electron chi connectivity index (χ4n) is 1.82. The molecule has 3 rings (SSSR count). The Morgan fingerprint density at radius 2 is 1.86 bits per heavy atom. The molecule has 6 nitrogen and oxygen atoms in total. The summed E-state index contributed by atoms with van der Waals surface area (Å²) in [6, 6.07) is 10.1. The summed E-state index contributed by atoms with van der Waals surface area (Å²) in [6.07, 6.45) is 4.95. The number of para-hydroxylation sites is 1. The van der Waals surface area contributed by atoms with Gasteiger partial charge in [-0.15, -0.1) is 5.10 Å². The van der Waals surface area contributed by atoms with Gasteiger partial charge in [-0.25, -0.2) is 4.39 Å². The van der Waals surface area contributed by atoms with Crippen LogP contribution in [0.25, 0.3) is 0 Å². The predicted molar refractivity (Wildman–Crippen MR) is 81.1 cm³/mol. The molecule has 2 heterocycles. The van der Waals surface area contributed by atoms with E-state index < -0.39 is 0 Å². The highest BCUT2D eigenvalue weighted by Crippen LogP contribution is 2.17. The average molecular weight is 296 g/mol. The number of aromatic nitrogens is 4. The molecule has 0 fully saturated rings. The smallest absolute Gasteiger partial charge is 0.249 e. The van der Waals surface area contributed by atoms with Crippen LogP contribution in [0.2, 0.25) is 0 Å². The molecule has 0 aliphatic rings. The zero-order valence-corrected chi connectivity index (χ0v) is 11.6. The molecule has 0 bridgehead atoms. The van der Waals surface area contributed by atoms with E-state index in [9.17, 15) is 4.39 Å². The zero-order chi connectivity index (χ0) is 15.2. The van der Waals surface area contributed by atoms with Crippen LogP contribution in [0.1, 0.15) is 5.56 Å². The van der Waals surface area contributed by atoms with Crippen LogP contribution in [0.15, 0.2) is 55.0 Å². The van der Waals surface area contributed by atoms with Crippen LogP contribution in [-0.2, 0) is 6.54 Å². The molecule has 0 saturated heterocycles. The van der Waals surface area contributed by atoms with Crippen molar-refractivity contribution in [1.82, 2.24) is 20.2 Å². The first kappa shape index (κ1) is 13.9. The van der Waals surface area contributed by atoms with Crippen molar-refractivity contribution in [3.8, 4) is 0 Å². The maximum Gasteiger partial charge on any atom is 0.249 e. The molecule has 0 saturated carbocycles. The van der Waals surface area contributed by atoms with Crippen LogP contribution in [0.4, 0.5) is 21.8 Å². The molecule has 0 aliphatic carbocycles. The van der Waals surface area contributed by atoms with Gasteiger partial charge in [-0.05, 0) is 29.8 Å². The Labute approximate surface area is 126 Å². The molecule has 7 heteroatoms. The van der Waals surface area contributed by atoms with E-state index in [2.05, 4.69) is 30.8 Å². The van der Waals surface area contributed by atoms with Crippen molar-refractivity contribution in [2.75, 3.05) is 10.6 Å². The van der Waals surface area contributed by atoms with Crippen molar-refractivity contribution >= 4 is 17.5 Å². The van der Waals surface area contributed by atoms with Crippen LogP contribution >= 0.6 is 0 Å². The van der Waals surface area contributed by atoms with E-state index in [1.807, 2.05) is 12.1 Å². The lowest BCUT2D eigenvalue weighted by Crippen LogP contribution is -2.06. The lowest BCUT2D eigenvalue weighted by molar-refractivity contribution is 0.631. The minimum atomic E-state index is -0.374. The Morgan fingerprint density at radius 1 is 1.05 bits per heavy atom. The van der Waals surface area contributed by atoms with Gasteiger partial charge < -0.3 is 10.6 Å². The van der Waals surface area contributed by atoms with Gasteiger partial charge in [0.1, 0.15) is 5.82 Å². The predicted octanol–water partition coefficient (Wildman–Crippen LogP) is 2.76. The minimum absolute atomic E-state index is 0.227. The van der Waals surface area contributed by atoms with Gasteiger partial charge in [0.2, 0.25) is 5.95 Å². The summed E-state index contributed by atoms with van der Waals surface area (Å²) in [4.78, 5) is 8.20. The third-order valence-electron chi connectivity index (χ3n) is 2.90. The topological polar surface area (TPSA) is 75.6 Å². The van der Waals surface area contributed by atoms with Crippen molar-refractivity contribution in [3.05, 3.63) is 66.4 Å². The maximum atomic E-state index is 13.6. The van der Waals surface area contributed by atoms with Crippen LogP contribution in [-0.4, -0.2) is 20.2 Å². The quantitative estimate of drug-likeness (QED) is 0.754. The second kappa shape index (κ2) is 6.57. The fourth-order valence-corrected chi connectivity index (χ4v) is 1.82. The summed E-state index contributed by atoms with van der Waals surface area (Å²) in [7, 11) is 0. The number of benzene rings is 1. The number of anilines is 3. The molecule has 0 unspecified atom stereocenters.